The van der Waals surface area contributed by atoms with Crippen LogP contribution in [0.4, 0.5) is 0 Å². The third-order valence-electron chi connectivity index (χ3n) is 3.71. The minimum absolute atomic E-state index is 0.341. The molecule has 0 radical (unpaired) electrons. The van der Waals surface area contributed by atoms with Gasteiger partial charge in [-0.25, -0.2) is 0 Å². The van der Waals surface area contributed by atoms with Gasteiger partial charge >= 0.3 is 0 Å². The van der Waals surface area contributed by atoms with Crippen molar-refractivity contribution in [3.05, 3.63) is 29.8 Å². The van der Waals surface area contributed by atoms with Crippen LogP contribution in [0, 0.1) is 11.8 Å². The number of hydrogen-bond donors (Lipinski definition) is 2. The molecule has 0 aliphatic heterocycles. The van der Waals surface area contributed by atoms with Crippen LogP contribution in [0.25, 0.3) is 0 Å². The molecule has 1 fully saturated rings. The Morgan fingerprint density at radius 3 is 2.62 bits per heavy atom. The molecule has 2 unspecified atom stereocenters. The molecular formula is C14H21NO. The fourth-order valence-electron chi connectivity index (χ4n) is 2.54. The summed E-state index contributed by atoms with van der Waals surface area (Å²) in [7, 11) is 0. The number of aromatic hydroxyl groups is 1. The quantitative estimate of drug-likeness (QED) is 0.816. The van der Waals surface area contributed by atoms with Gasteiger partial charge in [-0.05, 0) is 42.5 Å². The second-order valence-electron chi connectivity index (χ2n) is 4.97. The summed E-state index contributed by atoms with van der Waals surface area (Å²) in [5.41, 5.74) is 1.24. The van der Waals surface area contributed by atoms with E-state index in [1.165, 1.54) is 24.8 Å². The summed E-state index contributed by atoms with van der Waals surface area (Å²) in [6, 6.07) is 7.44. The van der Waals surface area contributed by atoms with Crippen molar-refractivity contribution in [2.24, 2.45) is 11.8 Å². The summed E-state index contributed by atoms with van der Waals surface area (Å²) in [5, 5.41) is 12.7. The third kappa shape index (κ3) is 2.99. The standard InChI is InChI=1S/C14H21NO/c1-11-3-2-4-13(11)10-15-9-12-5-7-14(16)8-6-12/h5-8,11,13,15-16H,2-4,9-10H2,1H3. The molecule has 1 aliphatic carbocycles. The van der Waals surface area contributed by atoms with E-state index in [9.17, 15) is 0 Å². The first-order chi connectivity index (χ1) is 7.75. The van der Waals surface area contributed by atoms with E-state index in [1.807, 2.05) is 12.1 Å². The highest BCUT2D eigenvalue weighted by Gasteiger charge is 2.22. The highest BCUT2D eigenvalue weighted by molar-refractivity contribution is 5.25. The van der Waals surface area contributed by atoms with Crippen molar-refractivity contribution in [1.82, 2.24) is 5.32 Å². The molecule has 0 spiro atoms. The molecule has 0 amide bonds. The van der Waals surface area contributed by atoms with Crippen molar-refractivity contribution in [1.29, 1.82) is 0 Å². The normalized spacial score (nSPS) is 24.8. The van der Waals surface area contributed by atoms with Gasteiger partial charge in [0.25, 0.3) is 0 Å². The molecule has 1 aromatic carbocycles. The van der Waals surface area contributed by atoms with Crippen LogP contribution in [-0.2, 0) is 6.54 Å². The van der Waals surface area contributed by atoms with Gasteiger partial charge in [0.05, 0.1) is 0 Å². The molecule has 88 valence electrons. The number of phenols is 1. The van der Waals surface area contributed by atoms with Crippen LogP contribution in [-0.4, -0.2) is 11.7 Å². The van der Waals surface area contributed by atoms with E-state index in [0.29, 0.717) is 5.75 Å². The first-order valence-electron chi connectivity index (χ1n) is 6.24. The minimum Gasteiger partial charge on any atom is -0.508 e. The van der Waals surface area contributed by atoms with E-state index < -0.39 is 0 Å². The summed E-state index contributed by atoms with van der Waals surface area (Å²) >= 11 is 0. The van der Waals surface area contributed by atoms with Gasteiger partial charge < -0.3 is 10.4 Å². The van der Waals surface area contributed by atoms with Crippen molar-refractivity contribution in [2.75, 3.05) is 6.54 Å². The maximum absolute atomic E-state index is 9.17. The van der Waals surface area contributed by atoms with Crippen LogP contribution < -0.4 is 5.32 Å². The van der Waals surface area contributed by atoms with Crippen molar-refractivity contribution < 1.29 is 5.11 Å². The van der Waals surface area contributed by atoms with E-state index >= 15 is 0 Å². The highest BCUT2D eigenvalue weighted by Crippen LogP contribution is 2.30. The van der Waals surface area contributed by atoms with Crippen LogP contribution in [0.3, 0.4) is 0 Å². The average molecular weight is 219 g/mol. The zero-order chi connectivity index (χ0) is 11.4. The molecule has 0 aromatic heterocycles. The predicted octanol–water partition coefficient (Wildman–Crippen LogP) is 2.92. The van der Waals surface area contributed by atoms with E-state index in [4.69, 9.17) is 5.11 Å². The van der Waals surface area contributed by atoms with Crippen molar-refractivity contribution in [2.45, 2.75) is 32.7 Å². The Bertz CT molecular complexity index is 320. The zero-order valence-corrected chi connectivity index (χ0v) is 9.95. The molecule has 2 rings (SSSR count). The molecule has 1 aromatic rings. The number of benzene rings is 1. The molecule has 2 heteroatoms. The smallest absolute Gasteiger partial charge is 0.115 e. The topological polar surface area (TPSA) is 32.3 Å². The van der Waals surface area contributed by atoms with Crippen LogP contribution in [0.1, 0.15) is 31.7 Å². The Kier molecular flexibility index (Phi) is 3.83. The SMILES string of the molecule is CC1CCCC1CNCc1ccc(O)cc1. The van der Waals surface area contributed by atoms with E-state index in [0.717, 1.165) is 24.9 Å². The Labute approximate surface area is 97.7 Å². The molecule has 0 bridgehead atoms. The average Bonchev–Trinajstić information content (AvgIpc) is 2.68. The monoisotopic (exact) mass is 219 g/mol. The zero-order valence-electron chi connectivity index (χ0n) is 9.95. The summed E-state index contributed by atoms with van der Waals surface area (Å²) in [5.74, 6) is 2.08. The fourth-order valence-corrected chi connectivity index (χ4v) is 2.54. The first kappa shape index (κ1) is 11.5. The van der Waals surface area contributed by atoms with Crippen molar-refractivity contribution in [3.8, 4) is 5.75 Å². The molecule has 1 aliphatic rings. The van der Waals surface area contributed by atoms with Crippen LogP contribution in [0.2, 0.25) is 0 Å². The van der Waals surface area contributed by atoms with Gasteiger partial charge in [0.15, 0.2) is 0 Å². The lowest BCUT2D eigenvalue weighted by molar-refractivity contribution is 0.392. The first-order valence-corrected chi connectivity index (χ1v) is 6.24. The van der Waals surface area contributed by atoms with Crippen molar-refractivity contribution >= 4 is 0 Å². The van der Waals surface area contributed by atoms with E-state index in [-0.39, 0.29) is 0 Å². The molecule has 0 saturated heterocycles. The van der Waals surface area contributed by atoms with Gasteiger partial charge in [0.2, 0.25) is 0 Å². The lowest BCUT2D eigenvalue weighted by Gasteiger charge is -2.15. The van der Waals surface area contributed by atoms with Gasteiger partial charge in [-0.15, -0.1) is 0 Å². The van der Waals surface area contributed by atoms with Crippen LogP contribution >= 0.6 is 0 Å². The summed E-state index contributed by atoms with van der Waals surface area (Å²) in [6.45, 7) is 4.39. The maximum Gasteiger partial charge on any atom is 0.115 e. The largest absolute Gasteiger partial charge is 0.508 e. The predicted molar refractivity (Wildman–Crippen MR) is 66.3 cm³/mol. The maximum atomic E-state index is 9.17. The molecule has 1 saturated carbocycles. The Hall–Kier alpha value is -1.02. The number of nitrogens with one attached hydrogen (secondary N) is 1. The molecule has 2 N–H and O–H groups in total. The molecular weight excluding hydrogens is 198 g/mol. The van der Waals surface area contributed by atoms with Gasteiger partial charge in [-0.2, -0.15) is 0 Å². The molecule has 0 heterocycles. The Morgan fingerprint density at radius 2 is 2.00 bits per heavy atom. The Morgan fingerprint density at radius 1 is 1.25 bits per heavy atom. The number of phenolic OH excluding ortho intramolecular Hbond substituents is 1. The summed E-state index contributed by atoms with van der Waals surface area (Å²) in [6.07, 6.45) is 4.17. The van der Waals surface area contributed by atoms with Gasteiger partial charge in [0.1, 0.15) is 5.75 Å². The second kappa shape index (κ2) is 5.35. The van der Waals surface area contributed by atoms with Crippen LogP contribution in [0.5, 0.6) is 5.75 Å². The number of rotatable bonds is 4. The van der Waals surface area contributed by atoms with Gasteiger partial charge in [-0.1, -0.05) is 31.9 Å². The molecule has 16 heavy (non-hydrogen) atoms. The van der Waals surface area contributed by atoms with Crippen molar-refractivity contribution in [3.63, 3.8) is 0 Å². The lowest BCUT2D eigenvalue weighted by Crippen LogP contribution is -2.23. The van der Waals surface area contributed by atoms with Gasteiger partial charge in [-0.3, -0.25) is 0 Å². The second-order valence-corrected chi connectivity index (χ2v) is 4.97. The van der Waals surface area contributed by atoms with E-state index in [2.05, 4.69) is 12.2 Å². The summed E-state index contributed by atoms with van der Waals surface area (Å²) < 4.78 is 0. The van der Waals surface area contributed by atoms with E-state index in [1.54, 1.807) is 12.1 Å². The fraction of sp³-hybridized carbons (Fsp3) is 0.571. The molecule has 2 nitrogen and oxygen atoms in total. The highest BCUT2D eigenvalue weighted by atomic mass is 16.3. The molecule has 2 atom stereocenters. The summed E-state index contributed by atoms with van der Waals surface area (Å²) in [4.78, 5) is 0. The Balaban J connectivity index is 1.73. The van der Waals surface area contributed by atoms with Crippen LogP contribution in [0.15, 0.2) is 24.3 Å². The van der Waals surface area contributed by atoms with Gasteiger partial charge in [0, 0.05) is 6.54 Å². The number of hydrogen-bond acceptors (Lipinski definition) is 2. The minimum atomic E-state index is 0.341. The lowest BCUT2D eigenvalue weighted by atomic mass is 9.98. The third-order valence-corrected chi connectivity index (χ3v) is 3.71.